The first-order valence-corrected chi connectivity index (χ1v) is 0. The first kappa shape index (κ1) is 39.6. The Morgan fingerprint density at radius 2 is 1.00 bits per heavy atom. The summed E-state index contributed by atoms with van der Waals surface area (Å²) in [5.74, 6) is 0. The van der Waals surface area contributed by atoms with E-state index in [1.54, 1.807) is 0 Å². The van der Waals surface area contributed by atoms with Crippen LogP contribution in [0.15, 0.2) is 0 Å². The van der Waals surface area contributed by atoms with Crippen molar-refractivity contribution in [3.63, 3.8) is 0 Å². The van der Waals surface area contributed by atoms with E-state index in [2.05, 4.69) is 0 Å². The third-order valence-electron chi connectivity index (χ3n) is 0. The molecule has 0 aliphatic heterocycles. The minimum absolute atomic E-state index is 0. The summed E-state index contributed by atoms with van der Waals surface area (Å²) in [6.07, 6.45) is 0. The summed E-state index contributed by atoms with van der Waals surface area (Å²) in [5, 5.41) is 0. The molecule has 0 bridgehead atoms. The second kappa shape index (κ2) is 20.8. The van der Waals surface area contributed by atoms with Gasteiger partial charge in [0.15, 0.2) is 0 Å². The molecule has 4 heteroatoms. The minimum atomic E-state index is 0. The maximum atomic E-state index is 0. The molecule has 28 valence electrons. The van der Waals surface area contributed by atoms with Gasteiger partial charge in [0.1, 0.15) is 0 Å². The van der Waals surface area contributed by atoms with Crippen molar-refractivity contribution in [3.8, 4) is 0 Å². The molecule has 0 atom stereocenters. The van der Waals surface area contributed by atoms with Gasteiger partial charge in [-0.2, -0.15) is 0 Å². The van der Waals surface area contributed by atoms with Gasteiger partial charge in [0.05, 0.1) is 0 Å². The predicted molar refractivity (Wildman–Crippen MR) is 13.3 cm³/mol. The van der Waals surface area contributed by atoms with Gasteiger partial charge in [0.2, 0.25) is 0 Å². The van der Waals surface area contributed by atoms with Gasteiger partial charge in [-0.1, -0.05) is 0 Å². The summed E-state index contributed by atoms with van der Waals surface area (Å²) >= 11 is 0. The van der Waals surface area contributed by atoms with Crippen molar-refractivity contribution in [1.82, 2.24) is 0 Å². The summed E-state index contributed by atoms with van der Waals surface area (Å²) in [5.41, 5.74) is 0. The van der Waals surface area contributed by atoms with Gasteiger partial charge >= 0.3 is 0 Å². The maximum absolute atomic E-state index is 0. The molecule has 4 heavy (non-hydrogen) atoms. The molecule has 0 aromatic rings. The smallest absolute Gasteiger partial charge is 0 e. The van der Waals surface area contributed by atoms with Crippen molar-refractivity contribution in [2.75, 3.05) is 0 Å². The fraction of sp³-hybridized carbons (Fsp3) is 0. The number of hydrogen-bond donors (Lipinski definition) is 0. The van der Waals surface area contributed by atoms with E-state index < -0.39 is 0 Å². The van der Waals surface area contributed by atoms with Gasteiger partial charge in [-0.15, -0.1) is 0 Å². The molecule has 0 amide bonds. The van der Waals surface area contributed by atoms with Crippen LogP contribution in [0.3, 0.4) is 0 Å². The summed E-state index contributed by atoms with van der Waals surface area (Å²) in [7, 11) is 0. The SMILES string of the molecule is [Al].[Co].[Ni].[S]. The molecule has 0 aromatic heterocycles. The summed E-state index contributed by atoms with van der Waals surface area (Å²) < 4.78 is 0. The molecule has 0 saturated heterocycles. The first-order valence-electron chi connectivity index (χ1n) is 0. The third-order valence-corrected chi connectivity index (χ3v) is 0. The fourth-order valence-corrected chi connectivity index (χ4v) is 0. The zero-order valence-electron chi connectivity index (χ0n) is 1.64. The van der Waals surface area contributed by atoms with Crippen LogP contribution in [-0.4, -0.2) is 17.4 Å². The Hall–Kier alpha value is 1.88. The van der Waals surface area contributed by atoms with Crippen LogP contribution in [-0.2, 0) is 33.3 Å². The Labute approximate surface area is 63.8 Å². The Bertz CT molecular complexity index is 8.00. The Morgan fingerprint density at radius 3 is 1.00 bits per heavy atom. The van der Waals surface area contributed by atoms with E-state index >= 15 is 0 Å². The fourth-order valence-electron chi connectivity index (χ4n) is 0. The van der Waals surface area contributed by atoms with Crippen molar-refractivity contribution < 1.29 is 33.3 Å². The monoisotopic (exact) mass is 176 g/mol. The predicted octanol–water partition coefficient (Wildman–Crippen LogP) is 0.262. The van der Waals surface area contributed by atoms with Crippen molar-refractivity contribution >= 4 is 30.9 Å². The molecule has 0 saturated carbocycles. The van der Waals surface area contributed by atoms with Crippen LogP contribution in [0.5, 0.6) is 0 Å². The molecule has 6 radical (unpaired) electrons. The first-order chi connectivity index (χ1) is 0. The molecular weight excluding hydrogens is 177 g/mol. The Morgan fingerprint density at radius 1 is 1.00 bits per heavy atom. The van der Waals surface area contributed by atoms with E-state index in [0.29, 0.717) is 0 Å². The average molecular weight is 177 g/mol. The molecule has 0 aliphatic rings. The van der Waals surface area contributed by atoms with Crippen LogP contribution in [0, 0.1) is 0 Å². The molecule has 0 aliphatic carbocycles. The molecule has 0 nitrogen and oxygen atoms in total. The quantitative estimate of drug-likeness (QED) is 0.465. The second-order valence-electron chi connectivity index (χ2n) is 0. The van der Waals surface area contributed by atoms with Gasteiger partial charge in [-0.3, -0.25) is 0 Å². The van der Waals surface area contributed by atoms with E-state index in [-0.39, 0.29) is 64.1 Å². The van der Waals surface area contributed by atoms with Crippen LogP contribution in [0.2, 0.25) is 0 Å². The minimum Gasteiger partial charge on any atom is 0 e. The van der Waals surface area contributed by atoms with Crippen LogP contribution in [0.4, 0.5) is 0 Å². The Kier molecular flexibility index (Phi) is 205. The molecule has 0 heterocycles. The van der Waals surface area contributed by atoms with Crippen LogP contribution in [0.25, 0.3) is 0 Å². The van der Waals surface area contributed by atoms with Gasteiger partial charge in [0, 0.05) is 64.1 Å². The summed E-state index contributed by atoms with van der Waals surface area (Å²) in [6, 6.07) is 0. The van der Waals surface area contributed by atoms with E-state index in [9.17, 15) is 0 Å². The van der Waals surface area contributed by atoms with Gasteiger partial charge in [0.25, 0.3) is 0 Å². The van der Waals surface area contributed by atoms with E-state index in [0.717, 1.165) is 0 Å². The largest absolute Gasteiger partial charge is 0 e. The Balaban J connectivity index is 0. The maximum Gasteiger partial charge on any atom is 0 e. The molecule has 0 spiro atoms. The van der Waals surface area contributed by atoms with E-state index in [1.165, 1.54) is 0 Å². The average Bonchev–Trinajstić information content (AvgIpc) is 0. The molecule has 0 aromatic carbocycles. The number of hydrogen-bond acceptors (Lipinski definition) is 0. The topological polar surface area (TPSA) is 0 Å². The zero-order chi connectivity index (χ0) is 0. The molecule has 0 N–H and O–H groups in total. The molecular formula is AlCoNiS. The summed E-state index contributed by atoms with van der Waals surface area (Å²) in [4.78, 5) is 0. The van der Waals surface area contributed by atoms with Crippen molar-refractivity contribution in [1.29, 1.82) is 0 Å². The third kappa shape index (κ3) is 9.10. The van der Waals surface area contributed by atoms with Crippen molar-refractivity contribution in [2.24, 2.45) is 0 Å². The summed E-state index contributed by atoms with van der Waals surface area (Å²) in [6.45, 7) is 0. The van der Waals surface area contributed by atoms with Gasteiger partial charge in [-0.25, -0.2) is 0 Å². The molecule has 0 rings (SSSR count). The standard InChI is InChI=1S/Al.Co.Ni.S. The van der Waals surface area contributed by atoms with Crippen molar-refractivity contribution in [2.45, 2.75) is 0 Å². The van der Waals surface area contributed by atoms with Crippen LogP contribution >= 0.6 is 13.5 Å². The normalized spacial score (nSPS) is 0. The van der Waals surface area contributed by atoms with E-state index in [4.69, 9.17) is 0 Å². The molecule has 0 fully saturated rings. The number of rotatable bonds is 0. The van der Waals surface area contributed by atoms with Gasteiger partial charge < -0.3 is 0 Å². The van der Waals surface area contributed by atoms with E-state index in [1.807, 2.05) is 0 Å². The van der Waals surface area contributed by atoms with Crippen LogP contribution < -0.4 is 0 Å². The van der Waals surface area contributed by atoms with Crippen molar-refractivity contribution in [3.05, 3.63) is 0 Å². The van der Waals surface area contributed by atoms with Gasteiger partial charge in [-0.05, 0) is 0 Å². The second-order valence-corrected chi connectivity index (χ2v) is 0. The zero-order valence-corrected chi connectivity index (χ0v) is 5.64. The molecule has 0 unspecified atom stereocenters. The van der Waals surface area contributed by atoms with Crippen LogP contribution in [0.1, 0.15) is 0 Å².